The SMILES string of the molecule is O=C1c2ccccc2C(=O)N1CC[C@@H](Oc1cccc2ccoc12)c1cc(-c2ccc(O[C@H](CCCl)c3cccs3)c3occc23)cs1. The lowest BCUT2D eigenvalue weighted by molar-refractivity contribution is 0.0630. The molecule has 1 aliphatic rings. The van der Waals surface area contributed by atoms with Crippen molar-refractivity contribution in [2.45, 2.75) is 25.0 Å². The van der Waals surface area contributed by atoms with Crippen LogP contribution in [0.3, 0.4) is 0 Å². The zero-order valence-corrected chi connectivity index (χ0v) is 27.9. The number of furan rings is 2. The van der Waals surface area contributed by atoms with Crippen LogP contribution < -0.4 is 9.47 Å². The first-order valence-corrected chi connectivity index (χ1v) is 17.8. The molecule has 0 bridgehead atoms. The third-order valence-electron chi connectivity index (χ3n) is 8.53. The van der Waals surface area contributed by atoms with Crippen molar-refractivity contribution < 1.29 is 27.9 Å². The zero-order chi connectivity index (χ0) is 32.6. The van der Waals surface area contributed by atoms with E-state index in [1.54, 1.807) is 59.5 Å². The van der Waals surface area contributed by atoms with Crippen LogP contribution in [0.5, 0.6) is 11.5 Å². The van der Waals surface area contributed by atoms with E-state index in [1.165, 1.54) is 4.90 Å². The molecule has 8 rings (SSSR count). The number of ether oxygens (including phenoxy) is 2. The highest BCUT2D eigenvalue weighted by molar-refractivity contribution is 7.10. The molecule has 0 N–H and O–H groups in total. The Labute approximate surface area is 288 Å². The Morgan fingerprint density at radius 2 is 1.46 bits per heavy atom. The summed E-state index contributed by atoms with van der Waals surface area (Å²) in [4.78, 5) is 29.7. The van der Waals surface area contributed by atoms with Crippen LogP contribution in [0, 0.1) is 0 Å². The van der Waals surface area contributed by atoms with Crippen molar-refractivity contribution in [2.24, 2.45) is 0 Å². The van der Waals surface area contributed by atoms with Crippen molar-refractivity contribution >= 4 is 68.0 Å². The summed E-state index contributed by atoms with van der Waals surface area (Å²) in [5.41, 5.74) is 4.16. The standard InChI is InChI=1S/C38H28ClNO6S2/c39-16-12-29(33-9-4-20-47-33)45-32-11-10-25(26-15-19-44-36(26)32)24-21-34(48-22-24)30(46-31-8-3-5-23-14-18-43-35(23)31)13-17-40-37(41)27-6-1-2-7-28(27)38(40)42/h1-11,14-15,18-22,29-30H,12-13,16-17H2/t29-,30-/m1/s1. The monoisotopic (exact) mass is 693 g/mol. The summed E-state index contributed by atoms with van der Waals surface area (Å²) in [5, 5.41) is 5.98. The number of benzene rings is 3. The molecule has 4 aromatic heterocycles. The maximum atomic E-state index is 13.2. The fourth-order valence-electron chi connectivity index (χ4n) is 6.19. The average molecular weight is 694 g/mol. The second kappa shape index (κ2) is 13.0. The Kier molecular flexibility index (Phi) is 8.26. The third kappa shape index (κ3) is 5.57. The average Bonchev–Trinajstić information content (AvgIpc) is 3.96. The van der Waals surface area contributed by atoms with Crippen molar-refractivity contribution in [3.63, 3.8) is 0 Å². The third-order valence-corrected chi connectivity index (χ3v) is 10.7. The molecule has 0 spiro atoms. The fraction of sp³-hybridized carbons (Fsp3) is 0.158. The molecule has 0 radical (unpaired) electrons. The fourth-order valence-corrected chi connectivity index (χ4v) is 8.15. The van der Waals surface area contributed by atoms with Gasteiger partial charge in [0.15, 0.2) is 22.7 Å². The minimum absolute atomic E-state index is 0.173. The quantitative estimate of drug-likeness (QED) is 0.0936. The number of carbonyl (C=O) groups excluding carboxylic acids is 2. The number of nitrogens with zero attached hydrogens (tertiary/aromatic N) is 1. The lowest BCUT2D eigenvalue weighted by atomic mass is 10.0. The molecule has 1 aliphatic heterocycles. The first-order valence-electron chi connectivity index (χ1n) is 15.5. The summed E-state index contributed by atoms with van der Waals surface area (Å²) in [7, 11) is 0. The number of carbonyl (C=O) groups is 2. The highest BCUT2D eigenvalue weighted by Crippen LogP contribution is 2.42. The van der Waals surface area contributed by atoms with E-state index in [1.807, 2.05) is 53.9 Å². The number of halogens is 1. The van der Waals surface area contributed by atoms with Crippen LogP contribution in [0.15, 0.2) is 117 Å². The minimum atomic E-state index is -0.465. The molecule has 48 heavy (non-hydrogen) atoms. The lowest BCUT2D eigenvalue weighted by Gasteiger charge is -2.21. The molecule has 0 aliphatic carbocycles. The number of imide groups is 1. The van der Waals surface area contributed by atoms with Gasteiger partial charge in [0.1, 0.15) is 12.2 Å². The van der Waals surface area contributed by atoms with Crippen LogP contribution in [-0.4, -0.2) is 29.1 Å². The zero-order valence-electron chi connectivity index (χ0n) is 25.5. The lowest BCUT2D eigenvalue weighted by Crippen LogP contribution is -2.32. The van der Waals surface area contributed by atoms with Gasteiger partial charge in [0.2, 0.25) is 0 Å². The van der Waals surface area contributed by atoms with E-state index in [-0.39, 0.29) is 24.5 Å². The number of hydrogen-bond acceptors (Lipinski definition) is 8. The second-order valence-corrected chi connectivity index (χ2v) is 13.7. The molecule has 2 amide bonds. The molecule has 7 nitrogen and oxygen atoms in total. The molecular weight excluding hydrogens is 666 g/mol. The van der Waals surface area contributed by atoms with E-state index >= 15 is 0 Å². The molecular formula is C38H28ClNO6S2. The van der Waals surface area contributed by atoms with Crippen LogP contribution in [0.2, 0.25) is 0 Å². The van der Waals surface area contributed by atoms with Gasteiger partial charge in [0, 0.05) is 45.8 Å². The number of thiophene rings is 2. The van der Waals surface area contributed by atoms with Crippen LogP contribution in [-0.2, 0) is 0 Å². The summed E-state index contributed by atoms with van der Waals surface area (Å²) >= 11 is 9.33. The maximum Gasteiger partial charge on any atom is 0.261 e. The molecule has 7 aromatic rings. The van der Waals surface area contributed by atoms with Gasteiger partial charge in [-0.15, -0.1) is 34.3 Å². The first kappa shape index (κ1) is 30.5. The van der Waals surface area contributed by atoms with Gasteiger partial charge < -0.3 is 18.3 Å². The van der Waals surface area contributed by atoms with Crippen molar-refractivity contribution in [1.82, 2.24) is 4.90 Å². The summed E-state index contributed by atoms with van der Waals surface area (Å²) in [5.74, 6) is 1.16. The van der Waals surface area contributed by atoms with Crippen molar-refractivity contribution in [1.29, 1.82) is 0 Å². The van der Waals surface area contributed by atoms with E-state index in [2.05, 4.69) is 17.5 Å². The number of amides is 2. The number of rotatable bonds is 12. The second-order valence-electron chi connectivity index (χ2n) is 11.4. The molecule has 0 unspecified atom stereocenters. The Morgan fingerprint density at radius 3 is 2.23 bits per heavy atom. The highest BCUT2D eigenvalue weighted by atomic mass is 35.5. The van der Waals surface area contributed by atoms with Crippen molar-refractivity contribution in [2.75, 3.05) is 12.4 Å². The predicted molar refractivity (Wildman–Crippen MR) is 189 cm³/mol. The number of hydrogen-bond donors (Lipinski definition) is 0. The van der Waals surface area contributed by atoms with Gasteiger partial charge in [0.05, 0.1) is 23.7 Å². The molecule has 10 heteroatoms. The van der Waals surface area contributed by atoms with Gasteiger partial charge in [-0.25, -0.2) is 0 Å². The van der Waals surface area contributed by atoms with E-state index < -0.39 is 6.10 Å². The largest absolute Gasteiger partial charge is 0.481 e. The van der Waals surface area contributed by atoms with Gasteiger partial charge in [-0.1, -0.05) is 30.3 Å². The van der Waals surface area contributed by atoms with Crippen molar-refractivity contribution in [3.8, 4) is 22.6 Å². The topological polar surface area (TPSA) is 82.1 Å². The van der Waals surface area contributed by atoms with Gasteiger partial charge in [0.25, 0.3) is 11.8 Å². The molecule has 0 fully saturated rings. The summed E-state index contributed by atoms with van der Waals surface area (Å²) in [6.07, 6.45) is 3.74. The van der Waals surface area contributed by atoms with Gasteiger partial charge in [-0.05, 0) is 76.5 Å². The molecule has 240 valence electrons. The summed E-state index contributed by atoms with van der Waals surface area (Å²) in [6, 6.07) is 26.7. The van der Waals surface area contributed by atoms with Crippen LogP contribution in [0.4, 0.5) is 0 Å². The predicted octanol–water partition coefficient (Wildman–Crippen LogP) is 10.5. The summed E-state index contributed by atoms with van der Waals surface area (Å²) in [6.45, 7) is 0.199. The molecule has 5 heterocycles. The Morgan fingerprint density at radius 1 is 0.708 bits per heavy atom. The van der Waals surface area contributed by atoms with Crippen LogP contribution in [0.25, 0.3) is 33.1 Å². The molecule has 3 aromatic carbocycles. The summed E-state index contributed by atoms with van der Waals surface area (Å²) < 4.78 is 24.8. The van der Waals surface area contributed by atoms with E-state index in [0.717, 1.165) is 31.7 Å². The van der Waals surface area contributed by atoms with E-state index in [0.29, 0.717) is 52.5 Å². The van der Waals surface area contributed by atoms with E-state index in [9.17, 15) is 9.59 Å². The van der Waals surface area contributed by atoms with Gasteiger partial charge >= 0.3 is 0 Å². The number of para-hydroxylation sites is 1. The number of alkyl halides is 1. The Bertz CT molecular complexity index is 2210. The molecule has 0 saturated heterocycles. The number of fused-ring (bicyclic) bond motifs is 3. The normalized spacial score (nSPS) is 14.1. The highest BCUT2D eigenvalue weighted by Gasteiger charge is 2.35. The van der Waals surface area contributed by atoms with Crippen molar-refractivity contribution in [3.05, 3.63) is 129 Å². The smallest absolute Gasteiger partial charge is 0.261 e. The molecule has 0 saturated carbocycles. The van der Waals surface area contributed by atoms with E-state index in [4.69, 9.17) is 29.9 Å². The minimum Gasteiger partial charge on any atom is -0.481 e. The molecule has 2 atom stereocenters. The van der Waals surface area contributed by atoms with Gasteiger partial charge in [-0.3, -0.25) is 14.5 Å². The first-order chi connectivity index (χ1) is 23.6. The van der Waals surface area contributed by atoms with Gasteiger partial charge in [-0.2, -0.15) is 0 Å². The van der Waals surface area contributed by atoms with Crippen LogP contribution >= 0.6 is 34.3 Å². The Hall–Kier alpha value is -4.83. The maximum absolute atomic E-state index is 13.2. The van der Waals surface area contributed by atoms with Crippen LogP contribution in [0.1, 0.15) is 55.5 Å². The Balaban J connectivity index is 1.10.